The molecule has 7 nitrogen and oxygen atoms in total. The van der Waals surface area contributed by atoms with E-state index in [0.29, 0.717) is 36.0 Å². The molecule has 0 bridgehead atoms. The lowest BCUT2D eigenvalue weighted by Gasteiger charge is -2.17. The van der Waals surface area contributed by atoms with Crippen LogP contribution in [0.4, 0.5) is 0 Å². The Kier molecular flexibility index (Phi) is 4.90. The number of benzene rings is 1. The Bertz CT molecular complexity index is 795. The molecule has 1 unspecified atom stereocenters. The van der Waals surface area contributed by atoms with E-state index in [1.165, 1.54) is 0 Å². The number of nitrogens with one attached hydrogen (secondary N) is 2. The lowest BCUT2D eigenvalue weighted by molar-refractivity contribution is 0.0730. The molecule has 2 N–H and O–H groups in total. The van der Waals surface area contributed by atoms with Crippen molar-refractivity contribution in [3.8, 4) is 0 Å². The van der Waals surface area contributed by atoms with Crippen LogP contribution in [0.25, 0.3) is 11.0 Å². The summed E-state index contributed by atoms with van der Waals surface area (Å²) in [5, 5.41) is 13.5. The number of H-pyrrole nitrogens is 1. The van der Waals surface area contributed by atoms with Gasteiger partial charge in [-0.05, 0) is 36.2 Å². The van der Waals surface area contributed by atoms with Gasteiger partial charge in [0.2, 0.25) is 0 Å². The van der Waals surface area contributed by atoms with Crippen LogP contribution in [0.1, 0.15) is 36.0 Å². The average Bonchev–Trinajstić information content (AvgIpc) is 3.24. The highest BCUT2D eigenvalue weighted by Crippen LogP contribution is 2.17. The van der Waals surface area contributed by atoms with Crippen LogP contribution in [0.3, 0.4) is 0 Å². The van der Waals surface area contributed by atoms with E-state index in [1.54, 1.807) is 30.5 Å². The zero-order valence-corrected chi connectivity index (χ0v) is 13.7. The summed E-state index contributed by atoms with van der Waals surface area (Å²) in [4.78, 5) is 12.5. The molecule has 2 heterocycles. The standard InChI is InChI=1S/C17H20N4O3/c1-11(2)9-23-10-15(16-4-3-7-24-16)18-17(22)12-5-6-13-14(8-12)20-21-19-13/h3-8,11,15H,9-10H2,1-2H3,(H,18,22)(H,19,20,21). The number of aromatic nitrogens is 3. The number of carbonyl (C=O) groups is 1. The van der Waals surface area contributed by atoms with Gasteiger partial charge in [0.25, 0.3) is 5.91 Å². The smallest absolute Gasteiger partial charge is 0.252 e. The summed E-state index contributed by atoms with van der Waals surface area (Å²) in [6.07, 6.45) is 1.58. The fourth-order valence-electron chi connectivity index (χ4n) is 2.33. The maximum absolute atomic E-state index is 12.5. The number of carbonyl (C=O) groups excluding carboxylic acids is 1. The van der Waals surface area contributed by atoms with Crippen molar-refractivity contribution in [2.45, 2.75) is 19.9 Å². The van der Waals surface area contributed by atoms with Crippen molar-refractivity contribution in [1.29, 1.82) is 0 Å². The highest BCUT2D eigenvalue weighted by molar-refractivity contribution is 5.97. The summed E-state index contributed by atoms with van der Waals surface area (Å²) < 4.78 is 11.1. The molecule has 0 saturated carbocycles. The molecular weight excluding hydrogens is 308 g/mol. The SMILES string of the molecule is CC(C)COCC(NC(=O)c1ccc2n[nH]nc2c1)c1ccco1. The molecule has 24 heavy (non-hydrogen) atoms. The van der Waals surface area contributed by atoms with Gasteiger partial charge in [-0.1, -0.05) is 13.8 Å². The first kappa shape index (κ1) is 16.2. The number of aromatic amines is 1. The van der Waals surface area contributed by atoms with Gasteiger partial charge >= 0.3 is 0 Å². The number of rotatable bonds is 7. The van der Waals surface area contributed by atoms with Crippen LogP contribution in [0.15, 0.2) is 41.0 Å². The van der Waals surface area contributed by atoms with Crippen molar-refractivity contribution in [3.63, 3.8) is 0 Å². The van der Waals surface area contributed by atoms with E-state index in [2.05, 4.69) is 34.6 Å². The summed E-state index contributed by atoms with van der Waals surface area (Å²) in [5.41, 5.74) is 1.87. The summed E-state index contributed by atoms with van der Waals surface area (Å²) in [6, 6.07) is 8.43. The highest BCUT2D eigenvalue weighted by Gasteiger charge is 2.19. The van der Waals surface area contributed by atoms with Crippen molar-refractivity contribution >= 4 is 16.9 Å². The van der Waals surface area contributed by atoms with E-state index in [9.17, 15) is 4.79 Å². The second kappa shape index (κ2) is 7.27. The van der Waals surface area contributed by atoms with Gasteiger partial charge in [0, 0.05) is 12.2 Å². The number of nitrogens with zero attached hydrogens (tertiary/aromatic N) is 2. The van der Waals surface area contributed by atoms with Crippen molar-refractivity contribution in [2.24, 2.45) is 5.92 Å². The van der Waals surface area contributed by atoms with Crippen LogP contribution >= 0.6 is 0 Å². The van der Waals surface area contributed by atoms with Gasteiger partial charge < -0.3 is 14.5 Å². The summed E-state index contributed by atoms with van der Waals surface area (Å²) in [5.74, 6) is 0.872. The Morgan fingerprint density at radius 3 is 2.83 bits per heavy atom. The van der Waals surface area contributed by atoms with Crippen LogP contribution in [0, 0.1) is 5.92 Å². The molecule has 3 rings (SSSR count). The summed E-state index contributed by atoms with van der Waals surface area (Å²) in [7, 11) is 0. The van der Waals surface area contributed by atoms with Crippen molar-refractivity contribution < 1.29 is 13.9 Å². The molecule has 2 aromatic heterocycles. The number of fused-ring (bicyclic) bond motifs is 1. The second-order valence-electron chi connectivity index (χ2n) is 6.00. The van der Waals surface area contributed by atoms with E-state index in [0.717, 1.165) is 5.52 Å². The zero-order valence-electron chi connectivity index (χ0n) is 13.7. The topological polar surface area (TPSA) is 93.0 Å². The minimum Gasteiger partial charge on any atom is -0.467 e. The predicted molar refractivity (Wildman–Crippen MR) is 88.5 cm³/mol. The lowest BCUT2D eigenvalue weighted by Crippen LogP contribution is -2.31. The second-order valence-corrected chi connectivity index (χ2v) is 6.00. The quantitative estimate of drug-likeness (QED) is 0.695. The molecule has 0 spiro atoms. The van der Waals surface area contributed by atoms with E-state index in [4.69, 9.17) is 9.15 Å². The molecule has 0 radical (unpaired) electrons. The van der Waals surface area contributed by atoms with Crippen LogP contribution < -0.4 is 5.32 Å². The van der Waals surface area contributed by atoms with Crippen molar-refractivity contribution in [3.05, 3.63) is 47.9 Å². The third kappa shape index (κ3) is 3.80. The largest absolute Gasteiger partial charge is 0.467 e. The van der Waals surface area contributed by atoms with Gasteiger partial charge in [0.15, 0.2) is 0 Å². The van der Waals surface area contributed by atoms with Crippen LogP contribution in [0.5, 0.6) is 0 Å². The molecule has 0 fully saturated rings. The Labute approximate surface area is 139 Å². The number of amides is 1. The number of furan rings is 1. The number of ether oxygens (including phenoxy) is 1. The fraction of sp³-hybridized carbons (Fsp3) is 0.353. The summed E-state index contributed by atoms with van der Waals surface area (Å²) >= 11 is 0. The third-order valence-corrected chi connectivity index (χ3v) is 3.51. The zero-order chi connectivity index (χ0) is 16.9. The maximum Gasteiger partial charge on any atom is 0.252 e. The molecule has 0 aliphatic carbocycles. The van der Waals surface area contributed by atoms with Crippen molar-refractivity contribution in [2.75, 3.05) is 13.2 Å². The molecular formula is C17H20N4O3. The Morgan fingerprint density at radius 1 is 1.25 bits per heavy atom. The van der Waals surface area contributed by atoms with Gasteiger partial charge in [-0.15, -0.1) is 0 Å². The third-order valence-electron chi connectivity index (χ3n) is 3.51. The molecule has 0 saturated heterocycles. The van der Waals surface area contributed by atoms with Gasteiger partial charge in [-0.2, -0.15) is 15.4 Å². The van der Waals surface area contributed by atoms with Gasteiger partial charge in [0.05, 0.1) is 12.9 Å². The average molecular weight is 328 g/mol. The minimum atomic E-state index is -0.348. The first-order chi connectivity index (χ1) is 11.6. The molecule has 0 aliphatic heterocycles. The number of hydrogen-bond donors (Lipinski definition) is 2. The normalized spacial score (nSPS) is 12.6. The molecule has 1 amide bonds. The molecule has 126 valence electrons. The van der Waals surface area contributed by atoms with Gasteiger partial charge in [-0.3, -0.25) is 4.79 Å². The molecule has 3 aromatic rings. The Hall–Kier alpha value is -2.67. The lowest BCUT2D eigenvalue weighted by atomic mass is 10.1. The van der Waals surface area contributed by atoms with Crippen LogP contribution in [-0.2, 0) is 4.74 Å². The molecule has 1 aromatic carbocycles. The van der Waals surface area contributed by atoms with E-state index in [1.807, 2.05) is 6.07 Å². The highest BCUT2D eigenvalue weighted by atomic mass is 16.5. The first-order valence-corrected chi connectivity index (χ1v) is 7.86. The van der Waals surface area contributed by atoms with E-state index in [-0.39, 0.29) is 11.9 Å². The monoisotopic (exact) mass is 328 g/mol. The maximum atomic E-state index is 12.5. The van der Waals surface area contributed by atoms with E-state index >= 15 is 0 Å². The van der Waals surface area contributed by atoms with E-state index < -0.39 is 0 Å². The fourth-order valence-corrected chi connectivity index (χ4v) is 2.33. The van der Waals surface area contributed by atoms with Crippen LogP contribution in [-0.4, -0.2) is 34.5 Å². The Morgan fingerprint density at radius 2 is 2.08 bits per heavy atom. The molecule has 1 atom stereocenters. The van der Waals surface area contributed by atoms with Gasteiger partial charge in [0.1, 0.15) is 22.8 Å². The predicted octanol–water partition coefficient (Wildman–Crippen LogP) is 2.69. The Balaban J connectivity index is 1.72. The first-order valence-electron chi connectivity index (χ1n) is 7.86. The number of hydrogen-bond acceptors (Lipinski definition) is 5. The minimum absolute atomic E-state index is 0.213. The molecule has 0 aliphatic rings. The van der Waals surface area contributed by atoms with Crippen molar-refractivity contribution in [1.82, 2.24) is 20.7 Å². The van der Waals surface area contributed by atoms with Crippen LogP contribution in [0.2, 0.25) is 0 Å². The van der Waals surface area contributed by atoms with Gasteiger partial charge in [-0.25, -0.2) is 0 Å². The molecule has 7 heteroatoms. The summed E-state index contributed by atoms with van der Waals surface area (Å²) in [6.45, 7) is 5.13.